The molecule has 154 valence electrons. The Morgan fingerprint density at radius 1 is 1.21 bits per heavy atom. The van der Waals surface area contributed by atoms with Crippen molar-refractivity contribution in [2.24, 2.45) is 0 Å². The van der Waals surface area contributed by atoms with Crippen molar-refractivity contribution in [2.75, 3.05) is 13.7 Å². The van der Waals surface area contributed by atoms with Crippen LogP contribution in [0.1, 0.15) is 25.0 Å². The van der Waals surface area contributed by atoms with Gasteiger partial charge < -0.3 is 19.5 Å². The molecular formula is C22H24ClNO5. The number of ether oxygens (including phenoxy) is 3. The highest BCUT2D eigenvalue weighted by Crippen LogP contribution is 2.36. The summed E-state index contributed by atoms with van der Waals surface area (Å²) in [7, 11) is 1.51. The molecule has 2 rings (SSSR count). The number of hydrogen-bond acceptors (Lipinski definition) is 5. The van der Waals surface area contributed by atoms with Gasteiger partial charge in [0.05, 0.1) is 18.7 Å². The quantitative estimate of drug-likeness (QED) is 0.493. The average molecular weight is 418 g/mol. The van der Waals surface area contributed by atoms with Crippen molar-refractivity contribution < 1.29 is 23.8 Å². The molecule has 0 aliphatic carbocycles. The molecule has 29 heavy (non-hydrogen) atoms. The summed E-state index contributed by atoms with van der Waals surface area (Å²) in [6, 6.07) is 12.8. The lowest BCUT2D eigenvalue weighted by Gasteiger charge is -2.13. The fourth-order valence-electron chi connectivity index (χ4n) is 2.48. The predicted octanol–water partition coefficient (Wildman–Crippen LogP) is 4.01. The van der Waals surface area contributed by atoms with E-state index in [2.05, 4.69) is 5.32 Å². The molecule has 0 bridgehead atoms. The van der Waals surface area contributed by atoms with Gasteiger partial charge in [-0.3, -0.25) is 4.79 Å². The normalized spacial score (nSPS) is 11.7. The number of carbonyl (C=O) groups excluding carboxylic acids is 2. The SMILES string of the molecule is CCOc1c(Cl)cc(/C=C/C(=O)O[C@@H](C)C(=O)NCc2ccccc2)cc1OC. The Hall–Kier alpha value is -2.99. The molecule has 2 aromatic rings. The van der Waals surface area contributed by atoms with Crippen LogP contribution in [0.25, 0.3) is 6.08 Å². The van der Waals surface area contributed by atoms with E-state index in [9.17, 15) is 9.59 Å². The number of methoxy groups -OCH3 is 1. The summed E-state index contributed by atoms with van der Waals surface area (Å²) in [6.07, 6.45) is 1.84. The molecule has 0 aromatic heterocycles. The molecule has 0 aliphatic heterocycles. The summed E-state index contributed by atoms with van der Waals surface area (Å²) < 4.78 is 15.9. The van der Waals surface area contributed by atoms with Gasteiger partial charge in [-0.25, -0.2) is 4.79 Å². The van der Waals surface area contributed by atoms with E-state index in [0.29, 0.717) is 35.2 Å². The van der Waals surface area contributed by atoms with E-state index in [1.165, 1.54) is 26.2 Å². The Balaban J connectivity index is 1.93. The van der Waals surface area contributed by atoms with Gasteiger partial charge in [0.2, 0.25) is 0 Å². The van der Waals surface area contributed by atoms with Crippen LogP contribution in [0.2, 0.25) is 5.02 Å². The number of rotatable bonds is 9. The Bertz CT molecular complexity index is 867. The van der Waals surface area contributed by atoms with E-state index < -0.39 is 12.1 Å². The minimum Gasteiger partial charge on any atom is -0.493 e. The van der Waals surface area contributed by atoms with Crippen LogP contribution in [0, 0.1) is 0 Å². The number of esters is 1. The third kappa shape index (κ3) is 6.84. The number of nitrogens with one attached hydrogen (secondary N) is 1. The average Bonchev–Trinajstić information content (AvgIpc) is 2.72. The molecule has 7 heteroatoms. The van der Waals surface area contributed by atoms with Gasteiger partial charge >= 0.3 is 5.97 Å². The minimum absolute atomic E-state index is 0.363. The van der Waals surface area contributed by atoms with E-state index >= 15 is 0 Å². The third-order valence-corrected chi connectivity index (χ3v) is 4.20. The van der Waals surface area contributed by atoms with Crippen molar-refractivity contribution in [3.8, 4) is 11.5 Å². The van der Waals surface area contributed by atoms with Crippen LogP contribution in [0.4, 0.5) is 0 Å². The summed E-state index contributed by atoms with van der Waals surface area (Å²) in [6.45, 7) is 4.17. The number of amides is 1. The third-order valence-electron chi connectivity index (χ3n) is 3.92. The number of hydrogen-bond donors (Lipinski definition) is 1. The van der Waals surface area contributed by atoms with Gasteiger partial charge in [0.25, 0.3) is 5.91 Å². The molecule has 0 aliphatic rings. The van der Waals surface area contributed by atoms with Gasteiger partial charge in [-0.2, -0.15) is 0 Å². The Labute approximate surface area is 175 Å². The first-order valence-corrected chi connectivity index (χ1v) is 9.53. The van der Waals surface area contributed by atoms with Crippen LogP contribution < -0.4 is 14.8 Å². The molecule has 1 N–H and O–H groups in total. The monoisotopic (exact) mass is 417 g/mol. The maximum absolute atomic E-state index is 12.1. The number of carbonyl (C=O) groups is 2. The molecule has 0 radical (unpaired) electrons. The second kappa shape index (κ2) is 11.1. The molecule has 0 saturated heterocycles. The molecule has 2 aromatic carbocycles. The largest absolute Gasteiger partial charge is 0.493 e. The van der Waals surface area contributed by atoms with Crippen LogP contribution in [-0.4, -0.2) is 31.7 Å². The van der Waals surface area contributed by atoms with Crippen molar-refractivity contribution in [3.05, 3.63) is 64.7 Å². The first kappa shape index (κ1) is 22.3. The van der Waals surface area contributed by atoms with Crippen LogP contribution in [0.15, 0.2) is 48.5 Å². The fraction of sp³-hybridized carbons (Fsp3) is 0.273. The smallest absolute Gasteiger partial charge is 0.331 e. The molecule has 0 saturated carbocycles. The topological polar surface area (TPSA) is 73.9 Å². The second-order valence-electron chi connectivity index (χ2n) is 6.08. The minimum atomic E-state index is -0.922. The summed E-state index contributed by atoms with van der Waals surface area (Å²) in [5, 5.41) is 3.10. The molecule has 0 heterocycles. The molecule has 6 nitrogen and oxygen atoms in total. The van der Waals surface area contributed by atoms with Gasteiger partial charge in [0, 0.05) is 12.6 Å². The first-order chi connectivity index (χ1) is 13.9. The van der Waals surface area contributed by atoms with Gasteiger partial charge in [0.15, 0.2) is 17.6 Å². The second-order valence-corrected chi connectivity index (χ2v) is 6.49. The van der Waals surface area contributed by atoms with Gasteiger partial charge in [0.1, 0.15) is 0 Å². The highest BCUT2D eigenvalue weighted by Gasteiger charge is 2.16. The van der Waals surface area contributed by atoms with E-state index in [1.807, 2.05) is 37.3 Å². The van der Waals surface area contributed by atoms with Crippen LogP contribution in [0.5, 0.6) is 11.5 Å². The van der Waals surface area contributed by atoms with Crippen LogP contribution in [0.3, 0.4) is 0 Å². The molecule has 0 fully saturated rings. The fourth-order valence-corrected chi connectivity index (χ4v) is 2.75. The van der Waals surface area contributed by atoms with Gasteiger partial charge in [-0.15, -0.1) is 0 Å². The lowest BCUT2D eigenvalue weighted by molar-refractivity contribution is -0.150. The molecule has 0 unspecified atom stereocenters. The molecule has 1 amide bonds. The van der Waals surface area contributed by atoms with Crippen molar-refractivity contribution >= 4 is 29.6 Å². The standard InChI is InChI=1S/C22H24ClNO5/c1-4-28-21-18(23)12-17(13-19(21)27-3)10-11-20(25)29-15(2)22(26)24-14-16-8-6-5-7-9-16/h5-13,15H,4,14H2,1-3H3,(H,24,26)/b11-10+/t15-/m0/s1. The van der Waals surface area contributed by atoms with Crippen LogP contribution >= 0.6 is 11.6 Å². The summed E-state index contributed by atoms with van der Waals surface area (Å²) in [4.78, 5) is 24.1. The van der Waals surface area contributed by atoms with Crippen molar-refractivity contribution in [3.63, 3.8) is 0 Å². The molecular weight excluding hydrogens is 394 g/mol. The van der Waals surface area contributed by atoms with Gasteiger partial charge in [-0.05, 0) is 43.2 Å². The Morgan fingerprint density at radius 2 is 1.93 bits per heavy atom. The molecule has 0 spiro atoms. The lowest BCUT2D eigenvalue weighted by Crippen LogP contribution is -2.35. The zero-order valence-electron chi connectivity index (χ0n) is 16.6. The van der Waals surface area contributed by atoms with Crippen molar-refractivity contribution in [1.29, 1.82) is 0 Å². The van der Waals surface area contributed by atoms with Crippen molar-refractivity contribution in [1.82, 2.24) is 5.32 Å². The Morgan fingerprint density at radius 3 is 2.59 bits per heavy atom. The maximum atomic E-state index is 12.1. The zero-order valence-corrected chi connectivity index (χ0v) is 17.4. The van der Waals surface area contributed by atoms with E-state index in [1.54, 1.807) is 12.1 Å². The molecule has 1 atom stereocenters. The number of benzene rings is 2. The van der Waals surface area contributed by atoms with Crippen molar-refractivity contribution in [2.45, 2.75) is 26.5 Å². The van der Waals surface area contributed by atoms with E-state index in [-0.39, 0.29) is 5.91 Å². The summed E-state index contributed by atoms with van der Waals surface area (Å²) in [5.74, 6) is -0.112. The summed E-state index contributed by atoms with van der Waals surface area (Å²) in [5.41, 5.74) is 1.59. The zero-order chi connectivity index (χ0) is 21.2. The van der Waals surface area contributed by atoms with Gasteiger partial charge in [-0.1, -0.05) is 41.9 Å². The number of halogens is 1. The highest BCUT2D eigenvalue weighted by atomic mass is 35.5. The lowest BCUT2D eigenvalue weighted by atomic mass is 10.2. The summed E-state index contributed by atoms with van der Waals surface area (Å²) >= 11 is 6.21. The van der Waals surface area contributed by atoms with Crippen LogP contribution in [-0.2, 0) is 20.9 Å². The Kier molecular flexibility index (Phi) is 8.55. The maximum Gasteiger partial charge on any atom is 0.331 e. The van der Waals surface area contributed by atoms with E-state index in [0.717, 1.165) is 5.56 Å². The first-order valence-electron chi connectivity index (χ1n) is 9.15. The van der Waals surface area contributed by atoms with E-state index in [4.69, 9.17) is 25.8 Å². The predicted molar refractivity (Wildman–Crippen MR) is 112 cm³/mol. The highest BCUT2D eigenvalue weighted by molar-refractivity contribution is 6.32.